The first-order chi connectivity index (χ1) is 17.9. The number of nitrogens with zero attached hydrogens (tertiary/aromatic N) is 3. The first kappa shape index (κ1) is 29.9. The molecule has 38 heavy (non-hydrogen) atoms. The zero-order valence-electron chi connectivity index (χ0n) is 22.3. The van der Waals surface area contributed by atoms with Crippen LogP contribution in [0.4, 0.5) is 0 Å². The van der Waals surface area contributed by atoms with E-state index in [2.05, 4.69) is 11.5 Å². The van der Waals surface area contributed by atoms with Crippen molar-refractivity contribution in [3.63, 3.8) is 0 Å². The van der Waals surface area contributed by atoms with Crippen LogP contribution in [0.25, 0.3) is 11.1 Å². The van der Waals surface area contributed by atoms with E-state index in [1.165, 1.54) is 20.2 Å². The van der Waals surface area contributed by atoms with Crippen molar-refractivity contribution < 1.29 is 21.6 Å². The van der Waals surface area contributed by atoms with Crippen LogP contribution in [0.1, 0.15) is 49.5 Å². The third-order valence-electron chi connectivity index (χ3n) is 5.92. The molecule has 0 bridgehead atoms. The van der Waals surface area contributed by atoms with Crippen molar-refractivity contribution >= 4 is 37.5 Å². The van der Waals surface area contributed by atoms with Crippen molar-refractivity contribution in [2.45, 2.75) is 51.5 Å². The molecule has 0 spiro atoms. The van der Waals surface area contributed by atoms with E-state index in [-0.39, 0.29) is 4.90 Å². The number of hydrogen-bond acceptors (Lipinski definition) is 7. The number of unbranched alkanes of at least 4 members (excludes halogenated alkanes) is 1. The van der Waals surface area contributed by atoms with Crippen molar-refractivity contribution in [3.8, 4) is 11.1 Å². The Hall–Kier alpha value is -2.64. The Balaban J connectivity index is 1.97. The predicted molar refractivity (Wildman–Crippen MR) is 153 cm³/mol. The number of aryl methyl sites for hydroxylation is 2. The SMILES string of the molecule is CCCCc1nc(C)c(C(=S)OCC)n1Cc1ccc(-c2ccccc2S(=O)(=O)NS(=O)(=O)N(C)C)cc1. The van der Waals surface area contributed by atoms with Crippen molar-refractivity contribution in [1.82, 2.24) is 18.0 Å². The van der Waals surface area contributed by atoms with Gasteiger partial charge in [-0.1, -0.05) is 59.9 Å². The number of ether oxygens (including phenoxy) is 1. The monoisotopic (exact) mass is 578 g/mol. The largest absolute Gasteiger partial charge is 0.482 e. The van der Waals surface area contributed by atoms with E-state index in [4.69, 9.17) is 21.9 Å². The zero-order valence-corrected chi connectivity index (χ0v) is 24.7. The lowest BCUT2D eigenvalue weighted by Gasteiger charge is -2.16. The lowest BCUT2D eigenvalue weighted by atomic mass is 10.0. The molecule has 3 rings (SSSR count). The van der Waals surface area contributed by atoms with Crippen LogP contribution in [0, 0.1) is 6.92 Å². The Bertz CT molecular complexity index is 1500. The minimum Gasteiger partial charge on any atom is -0.482 e. The average molecular weight is 579 g/mol. The molecule has 0 saturated carbocycles. The van der Waals surface area contributed by atoms with E-state index in [0.717, 1.165) is 46.3 Å². The van der Waals surface area contributed by atoms with Gasteiger partial charge >= 0.3 is 0 Å². The normalized spacial score (nSPS) is 12.2. The predicted octanol–water partition coefficient (Wildman–Crippen LogP) is 4.05. The van der Waals surface area contributed by atoms with Crippen LogP contribution in [-0.4, -0.2) is 56.4 Å². The molecular weight excluding hydrogens is 545 g/mol. The first-order valence-electron chi connectivity index (χ1n) is 12.3. The van der Waals surface area contributed by atoms with Crippen LogP contribution in [0.15, 0.2) is 53.4 Å². The number of benzene rings is 2. The van der Waals surface area contributed by atoms with Crippen LogP contribution < -0.4 is 4.13 Å². The molecule has 1 aromatic heterocycles. The number of imidazole rings is 1. The number of nitrogens with one attached hydrogen (secondary N) is 1. The van der Waals surface area contributed by atoms with Crippen LogP contribution in [0.3, 0.4) is 0 Å². The summed E-state index contributed by atoms with van der Waals surface area (Å²) < 4.78 is 60.7. The zero-order chi connectivity index (χ0) is 28.1. The van der Waals surface area contributed by atoms with Gasteiger partial charge in [0.15, 0.2) is 0 Å². The highest BCUT2D eigenvalue weighted by Crippen LogP contribution is 2.28. The highest BCUT2D eigenvalue weighted by Gasteiger charge is 2.27. The second-order valence-corrected chi connectivity index (χ2v) is 13.1. The standard InChI is InChI=1S/C26H34N4O5S3/c1-6-8-13-24-27-19(3)25(26(36)35-7-2)30(24)18-20-14-16-21(17-15-20)22-11-9-10-12-23(22)37(31,32)28-38(33,34)29(4)5/h9-12,14-17,28H,6-8,13,18H2,1-5H3. The lowest BCUT2D eigenvalue weighted by Crippen LogP contribution is -2.39. The first-order valence-corrected chi connectivity index (χ1v) is 15.6. The second-order valence-electron chi connectivity index (χ2n) is 8.94. The summed E-state index contributed by atoms with van der Waals surface area (Å²) in [5.74, 6) is 0.940. The summed E-state index contributed by atoms with van der Waals surface area (Å²) >= 11 is 5.53. The quantitative estimate of drug-likeness (QED) is 0.323. The molecule has 0 aliphatic rings. The van der Waals surface area contributed by atoms with E-state index in [9.17, 15) is 16.8 Å². The molecule has 2 aromatic carbocycles. The van der Waals surface area contributed by atoms with Gasteiger partial charge in [-0.25, -0.2) is 13.4 Å². The Kier molecular flexibility index (Phi) is 9.82. The molecule has 3 aromatic rings. The summed E-state index contributed by atoms with van der Waals surface area (Å²) in [5.41, 5.74) is 3.61. The smallest absolute Gasteiger partial charge is 0.292 e. The molecule has 12 heteroatoms. The molecule has 0 atom stereocenters. The van der Waals surface area contributed by atoms with Gasteiger partial charge in [0.25, 0.3) is 20.2 Å². The molecule has 0 amide bonds. The minimum absolute atomic E-state index is 0.130. The lowest BCUT2D eigenvalue weighted by molar-refractivity contribution is 0.335. The molecule has 0 unspecified atom stereocenters. The molecular formula is C26H34N4O5S3. The number of hydrogen-bond donors (Lipinski definition) is 1. The minimum atomic E-state index is -4.35. The Morgan fingerprint density at radius 2 is 1.71 bits per heavy atom. The van der Waals surface area contributed by atoms with Crippen molar-refractivity contribution in [1.29, 1.82) is 0 Å². The van der Waals surface area contributed by atoms with E-state index in [1.807, 2.05) is 38.1 Å². The number of aromatic nitrogens is 2. The van der Waals surface area contributed by atoms with Gasteiger partial charge in [0, 0.05) is 32.6 Å². The van der Waals surface area contributed by atoms with Gasteiger partial charge in [-0.3, -0.25) is 0 Å². The van der Waals surface area contributed by atoms with Gasteiger partial charge in [-0.05, 0) is 49.7 Å². The van der Waals surface area contributed by atoms with Crippen molar-refractivity contribution in [2.24, 2.45) is 0 Å². The maximum absolute atomic E-state index is 13.0. The number of sulfonamides is 1. The molecule has 0 aliphatic heterocycles. The molecule has 0 saturated heterocycles. The van der Waals surface area contributed by atoms with Gasteiger partial charge in [-0.2, -0.15) is 12.7 Å². The molecule has 9 nitrogen and oxygen atoms in total. The Labute approximate surface area is 231 Å². The summed E-state index contributed by atoms with van der Waals surface area (Å²) in [6.07, 6.45) is 2.86. The number of thiocarbonyl (C=S) groups is 1. The highest BCUT2D eigenvalue weighted by atomic mass is 32.3. The summed E-state index contributed by atoms with van der Waals surface area (Å²) in [6, 6.07) is 13.7. The van der Waals surface area contributed by atoms with Gasteiger partial charge in [0.1, 0.15) is 11.5 Å². The van der Waals surface area contributed by atoms with Crippen LogP contribution >= 0.6 is 12.2 Å². The summed E-state index contributed by atoms with van der Waals surface area (Å²) in [5, 5.41) is 0.413. The molecule has 1 N–H and O–H groups in total. The van der Waals surface area contributed by atoms with E-state index >= 15 is 0 Å². The summed E-state index contributed by atoms with van der Waals surface area (Å²) in [7, 11) is -6.05. The van der Waals surface area contributed by atoms with Crippen LogP contribution in [0.5, 0.6) is 0 Å². The second kappa shape index (κ2) is 12.5. The fraction of sp³-hybridized carbons (Fsp3) is 0.385. The topological polar surface area (TPSA) is 111 Å². The third-order valence-corrected chi connectivity index (χ3v) is 9.85. The van der Waals surface area contributed by atoms with Crippen molar-refractivity contribution in [2.75, 3.05) is 20.7 Å². The Morgan fingerprint density at radius 3 is 2.32 bits per heavy atom. The molecule has 0 fully saturated rings. The van der Waals surface area contributed by atoms with E-state index in [0.29, 0.717) is 29.3 Å². The Morgan fingerprint density at radius 1 is 1.05 bits per heavy atom. The molecule has 1 heterocycles. The highest BCUT2D eigenvalue weighted by molar-refractivity contribution is 8.03. The van der Waals surface area contributed by atoms with Crippen LogP contribution in [0.2, 0.25) is 0 Å². The third kappa shape index (κ3) is 6.86. The van der Waals surface area contributed by atoms with E-state index < -0.39 is 20.2 Å². The molecule has 0 aliphatic carbocycles. The van der Waals surface area contributed by atoms with Crippen molar-refractivity contribution in [3.05, 3.63) is 71.3 Å². The summed E-state index contributed by atoms with van der Waals surface area (Å²) in [4.78, 5) is 4.63. The number of rotatable bonds is 12. The fourth-order valence-corrected chi connectivity index (χ4v) is 7.13. The maximum atomic E-state index is 13.0. The van der Waals surface area contributed by atoms with Gasteiger partial charge < -0.3 is 9.30 Å². The molecule has 0 radical (unpaired) electrons. The fourth-order valence-electron chi connectivity index (χ4n) is 3.95. The van der Waals surface area contributed by atoms with Gasteiger partial charge in [0.2, 0.25) is 5.05 Å². The maximum Gasteiger partial charge on any atom is 0.292 e. The summed E-state index contributed by atoms with van der Waals surface area (Å²) in [6.45, 7) is 6.94. The van der Waals surface area contributed by atoms with E-state index in [1.54, 1.807) is 22.3 Å². The average Bonchev–Trinajstić information content (AvgIpc) is 3.17. The van der Waals surface area contributed by atoms with Gasteiger partial charge in [0.05, 0.1) is 17.2 Å². The van der Waals surface area contributed by atoms with Crippen LogP contribution in [-0.2, 0) is 37.9 Å². The van der Waals surface area contributed by atoms with Gasteiger partial charge in [-0.15, -0.1) is 0 Å². The molecule has 206 valence electrons.